The van der Waals surface area contributed by atoms with Crippen LogP contribution < -0.4 is 0 Å². The number of benzene rings is 1. The average Bonchev–Trinajstić information content (AvgIpc) is 2.50. The summed E-state index contributed by atoms with van der Waals surface area (Å²) in [5.74, 6) is -0.549. The molecule has 0 saturated heterocycles. The van der Waals surface area contributed by atoms with Gasteiger partial charge in [-0.25, -0.2) is 0 Å². The summed E-state index contributed by atoms with van der Waals surface area (Å²) in [7, 11) is 0. The van der Waals surface area contributed by atoms with Gasteiger partial charge < -0.3 is 0 Å². The molecule has 1 fully saturated rings. The molecule has 90 valence electrons. The van der Waals surface area contributed by atoms with Crippen LogP contribution in [-0.2, 0) is 17.4 Å². The Morgan fingerprint density at radius 3 is 2.65 bits per heavy atom. The Bertz CT molecular complexity index is 490. The molecule has 0 amide bonds. The Kier molecular flexibility index (Phi) is 2.12. The number of hydrogen-bond acceptors (Lipinski definition) is 1. The van der Waals surface area contributed by atoms with Gasteiger partial charge in [-0.3, -0.25) is 4.79 Å². The van der Waals surface area contributed by atoms with Gasteiger partial charge >= 0.3 is 6.18 Å². The monoisotopic (exact) mass is 240 g/mol. The zero-order valence-electron chi connectivity index (χ0n) is 9.05. The lowest BCUT2D eigenvalue weighted by Gasteiger charge is -2.25. The lowest BCUT2D eigenvalue weighted by atomic mass is 9.79. The Balaban J connectivity index is 2.21. The molecule has 2 aliphatic rings. The summed E-state index contributed by atoms with van der Waals surface area (Å²) in [6, 6.07) is 4.25. The first-order chi connectivity index (χ1) is 7.98. The molecule has 0 aliphatic heterocycles. The van der Waals surface area contributed by atoms with Crippen LogP contribution in [0.1, 0.15) is 35.4 Å². The molecule has 0 unspecified atom stereocenters. The number of rotatable bonds is 0. The van der Waals surface area contributed by atoms with E-state index in [-0.39, 0.29) is 17.3 Å². The fourth-order valence-electron chi connectivity index (χ4n) is 3.14. The lowest BCUT2D eigenvalue weighted by Crippen LogP contribution is -2.25. The number of carbonyl (C=O) groups is 1. The molecule has 0 aromatic heterocycles. The Morgan fingerprint density at radius 1 is 1.18 bits per heavy atom. The molecule has 2 aliphatic carbocycles. The van der Waals surface area contributed by atoms with Gasteiger partial charge in [0, 0.05) is 11.8 Å². The maximum absolute atomic E-state index is 12.9. The van der Waals surface area contributed by atoms with Crippen LogP contribution >= 0.6 is 0 Å². The van der Waals surface area contributed by atoms with Gasteiger partial charge in [-0.05, 0) is 36.5 Å². The fraction of sp³-hybridized carbons (Fsp3) is 0.462. The van der Waals surface area contributed by atoms with Gasteiger partial charge in [-0.2, -0.15) is 13.2 Å². The van der Waals surface area contributed by atoms with Crippen LogP contribution in [-0.4, -0.2) is 5.78 Å². The molecule has 2 atom stereocenters. The second-order valence-electron chi connectivity index (χ2n) is 4.81. The molecule has 2 bridgehead atoms. The van der Waals surface area contributed by atoms with Crippen LogP contribution in [0.2, 0.25) is 0 Å². The average molecular weight is 240 g/mol. The van der Waals surface area contributed by atoms with Crippen molar-refractivity contribution < 1.29 is 18.0 Å². The largest absolute Gasteiger partial charge is 0.416 e. The first-order valence-electron chi connectivity index (χ1n) is 5.71. The number of fused-ring (bicyclic) bond motifs is 4. The van der Waals surface area contributed by atoms with Crippen LogP contribution in [0.4, 0.5) is 13.2 Å². The van der Waals surface area contributed by atoms with Crippen LogP contribution in [0.25, 0.3) is 0 Å². The summed E-state index contributed by atoms with van der Waals surface area (Å²) in [5, 5.41) is 0. The lowest BCUT2D eigenvalue weighted by molar-refractivity contribution is -0.138. The highest BCUT2D eigenvalue weighted by molar-refractivity contribution is 5.92. The number of halogens is 3. The van der Waals surface area contributed by atoms with Crippen LogP contribution in [0.15, 0.2) is 18.2 Å². The maximum atomic E-state index is 12.9. The molecular weight excluding hydrogens is 229 g/mol. The quantitative estimate of drug-likeness (QED) is 0.679. The number of carbonyl (C=O) groups excluding carboxylic acids is 1. The van der Waals surface area contributed by atoms with E-state index >= 15 is 0 Å². The van der Waals surface area contributed by atoms with Crippen LogP contribution in [0.3, 0.4) is 0 Å². The van der Waals surface area contributed by atoms with Gasteiger partial charge in [0.05, 0.1) is 5.56 Å². The van der Waals surface area contributed by atoms with Crippen molar-refractivity contribution in [3.63, 3.8) is 0 Å². The summed E-state index contributed by atoms with van der Waals surface area (Å²) in [4.78, 5) is 11.9. The minimum atomic E-state index is -4.36. The molecule has 17 heavy (non-hydrogen) atoms. The molecule has 3 rings (SSSR count). The van der Waals surface area contributed by atoms with E-state index in [9.17, 15) is 18.0 Å². The molecule has 0 N–H and O–H groups in total. The van der Waals surface area contributed by atoms with Gasteiger partial charge in [0.25, 0.3) is 0 Å². The van der Waals surface area contributed by atoms with E-state index < -0.39 is 17.7 Å². The van der Waals surface area contributed by atoms with E-state index in [4.69, 9.17) is 0 Å². The number of hydrogen-bond donors (Lipinski definition) is 0. The zero-order chi connectivity index (χ0) is 12.2. The number of ketones is 1. The number of alkyl halides is 3. The van der Waals surface area contributed by atoms with Crippen molar-refractivity contribution in [2.75, 3.05) is 0 Å². The van der Waals surface area contributed by atoms with Crippen LogP contribution in [0, 0.1) is 5.92 Å². The Morgan fingerprint density at radius 2 is 1.94 bits per heavy atom. The smallest absolute Gasteiger partial charge is 0.299 e. The zero-order valence-corrected chi connectivity index (χ0v) is 9.05. The van der Waals surface area contributed by atoms with Crippen molar-refractivity contribution in [2.24, 2.45) is 5.92 Å². The maximum Gasteiger partial charge on any atom is 0.416 e. The summed E-state index contributed by atoms with van der Waals surface area (Å²) in [6.45, 7) is 0. The molecule has 1 saturated carbocycles. The van der Waals surface area contributed by atoms with E-state index in [0.29, 0.717) is 18.4 Å². The van der Waals surface area contributed by atoms with Gasteiger partial charge in [-0.1, -0.05) is 12.1 Å². The molecule has 1 nitrogen and oxygen atoms in total. The van der Waals surface area contributed by atoms with E-state index in [1.807, 2.05) is 0 Å². The molecule has 0 radical (unpaired) electrons. The standard InChI is InChI=1S/C13H11F3O/c14-13(15,16)10-3-1-2-7-6-8-4-5-9(11(7)10)12(8)17/h1-3,8-9H,4-6H2/t8-,9-/m0/s1. The molecule has 4 heteroatoms. The third-order valence-corrected chi connectivity index (χ3v) is 3.87. The highest BCUT2D eigenvalue weighted by Crippen LogP contribution is 2.47. The normalized spacial score (nSPS) is 27.1. The van der Waals surface area contributed by atoms with E-state index in [2.05, 4.69) is 0 Å². The third kappa shape index (κ3) is 1.50. The van der Waals surface area contributed by atoms with Crippen LogP contribution in [0.5, 0.6) is 0 Å². The Hall–Kier alpha value is -1.32. The molecule has 1 aromatic rings. The van der Waals surface area contributed by atoms with Crippen molar-refractivity contribution in [2.45, 2.75) is 31.4 Å². The number of Topliss-reactive ketones (excluding diaryl/α,β-unsaturated/α-hetero) is 1. The summed E-state index contributed by atoms with van der Waals surface area (Å²) >= 11 is 0. The molecule has 0 spiro atoms. The second-order valence-corrected chi connectivity index (χ2v) is 4.81. The van der Waals surface area contributed by atoms with E-state index in [1.54, 1.807) is 6.07 Å². The fourth-order valence-corrected chi connectivity index (χ4v) is 3.14. The van der Waals surface area contributed by atoms with Gasteiger partial charge in [-0.15, -0.1) is 0 Å². The highest BCUT2D eigenvalue weighted by Gasteiger charge is 2.45. The molecule has 1 aromatic carbocycles. The minimum absolute atomic E-state index is 0.00852. The van der Waals surface area contributed by atoms with E-state index in [0.717, 1.165) is 12.5 Å². The van der Waals surface area contributed by atoms with E-state index in [1.165, 1.54) is 6.07 Å². The first-order valence-corrected chi connectivity index (χ1v) is 5.71. The highest BCUT2D eigenvalue weighted by atomic mass is 19.4. The van der Waals surface area contributed by atoms with Gasteiger partial charge in [0.1, 0.15) is 5.78 Å². The second kappa shape index (κ2) is 3.34. The Labute approximate surface area is 96.6 Å². The van der Waals surface area contributed by atoms with Crippen molar-refractivity contribution in [1.29, 1.82) is 0 Å². The van der Waals surface area contributed by atoms with Crippen molar-refractivity contribution in [1.82, 2.24) is 0 Å². The van der Waals surface area contributed by atoms with Crippen molar-refractivity contribution in [3.05, 3.63) is 34.9 Å². The molecule has 0 heterocycles. The SMILES string of the molecule is O=C1[C@H]2CC[C@H]1c1c(cccc1C(F)(F)F)C2. The van der Waals surface area contributed by atoms with Crippen molar-refractivity contribution >= 4 is 5.78 Å². The first kappa shape index (κ1) is 10.8. The predicted octanol–water partition coefficient (Wildman–Crippen LogP) is 3.32. The third-order valence-electron chi connectivity index (χ3n) is 3.87. The summed E-state index contributed by atoms with van der Waals surface area (Å²) in [6.07, 6.45) is -2.57. The molecular formula is C13H11F3O. The predicted molar refractivity (Wildman–Crippen MR) is 55.6 cm³/mol. The minimum Gasteiger partial charge on any atom is -0.299 e. The topological polar surface area (TPSA) is 17.1 Å². The van der Waals surface area contributed by atoms with Gasteiger partial charge in [0.15, 0.2) is 0 Å². The summed E-state index contributed by atoms with van der Waals surface area (Å²) in [5.41, 5.74) is 0.347. The van der Waals surface area contributed by atoms with Crippen molar-refractivity contribution in [3.8, 4) is 0 Å². The van der Waals surface area contributed by atoms with Gasteiger partial charge in [0.2, 0.25) is 0 Å². The summed E-state index contributed by atoms with van der Waals surface area (Å²) < 4.78 is 38.7.